The zero-order valence-electron chi connectivity index (χ0n) is 11.0. The molecule has 22 heavy (non-hydrogen) atoms. The molecule has 0 unspecified atom stereocenters. The van der Waals surface area contributed by atoms with Crippen LogP contribution in [0.3, 0.4) is 0 Å². The molecule has 0 saturated heterocycles. The van der Waals surface area contributed by atoms with E-state index in [2.05, 4.69) is 15.5 Å². The highest BCUT2D eigenvalue weighted by Crippen LogP contribution is 2.22. The van der Waals surface area contributed by atoms with Gasteiger partial charge in [0.15, 0.2) is 0 Å². The molecule has 0 aliphatic heterocycles. The lowest BCUT2D eigenvalue weighted by atomic mass is 10.2. The van der Waals surface area contributed by atoms with E-state index >= 15 is 0 Å². The van der Waals surface area contributed by atoms with Crippen LogP contribution in [-0.4, -0.2) is 16.1 Å². The van der Waals surface area contributed by atoms with Gasteiger partial charge in [-0.15, -0.1) is 16.4 Å². The van der Waals surface area contributed by atoms with Gasteiger partial charge in [-0.2, -0.15) is 0 Å². The lowest BCUT2D eigenvalue weighted by Gasteiger charge is -2.03. The van der Waals surface area contributed by atoms with E-state index in [0.717, 1.165) is 4.88 Å². The molecule has 112 valence electrons. The number of halogens is 2. The zero-order chi connectivity index (χ0) is 15.5. The number of benzene rings is 1. The zero-order valence-corrected chi connectivity index (χ0v) is 13.4. The summed E-state index contributed by atoms with van der Waals surface area (Å²) in [4.78, 5) is 13.2. The summed E-state index contributed by atoms with van der Waals surface area (Å²) in [6.07, 6.45) is 0.526. The summed E-state index contributed by atoms with van der Waals surface area (Å²) < 4.78 is 5.40. The Kier molecular flexibility index (Phi) is 4.42. The van der Waals surface area contributed by atoms with Gasteiger partial charge in [0.1, 0.15) is 0 Å². The summed E-state index contributed by atoms with van der Waals surface area (Å²) in [5.74, 6) is -0.0336. The maximum Gasteiger partial charge on any atom is 0.322 e. The van der Waals surface area contributed by atoms with Gasteiger partial charge in [0.05, 0.1) is 17.0 Å². The first-order valence-electron chi connectivity index (χ1n) is 6.23. The van der Waals surface area contributed by atoms with Crippen molar-refractivity contribution in [2.45, 2.75) is 6.42 Å². The first-order valence-corrected chi connectivity index (χ1v) is 7.86. The molecular weight excluding hydrogens is 345 g/mol. The molecule has 3 aromatic rings. The van der Waals surface area contributed by atoms with Gasteiger partial charge in [0.2, 0.25) is 5.89 Å². The fourth-order valence-electron chi connectivity index (χ4n) is 1.77. The third kappa shape index (κ3) is 3.47. The molecule has 0 fully saturated rings. The van der Waals surface area contributed by atoms with Crippen molar-refractivity contribution in [3.8, 4) is 0 Å². The first kappa shape index (κ1) is 15.0. The third-order valence-electron chi connectivity index (χ3n) is 2.77. The summed E-state index contributed by atoms with van der Waals surface area (Å²) in [6.45, 7) is 0. The molecule has 0 aliphatic rings. The molecule has 2 aromatic heterocycles. The van der Waals surface area contributed by atoms with Gasteiger partial charge in [-0.3, -0.25) is 10.1 Å². The van der Waals surface area contributed by atoms with Crippen molar-refractivity contribution in [1.29, 1.82) is 0 Å². The van der Waals surface area contributed by atoms with Gasteiger partial charge in [-0.05, 0) is 29.6 Å². The van der Waals surface area contributed by atoms with Gasteiger partial charge < -0.3 is 4.42 Å². The number of hydrogen-bond donors (Lipinski definition) is 1. The normalized spacial score (nSPS) is 10.6. The lowest BCUT2D eigenvalue weighted by molar-refractivity contribution is 0.102. The Balaban J connectivity index is 1.72. The number of hydrogen-bond acceptors (Lipinski definition) is 5. The Labute approximate surface area is 139 Å². The lowest BCUT2D eigenvalue weighted by Crippen LogP contribution is -2.12. The second-order valence-corrected chi connectivity index (χ2v) is 6.21. The topological polar surface area (TPSA) is 68.0 Å². The van der Waals surface area contributed by atoms with Crippen LogP contribution in [0.5, 0.6) is 0 Å². The van der Waals surface area contributed by atoms with Crippen molar-refractivity contribution in [1.82, 2.24) is 10.2 Å². The number of nitrogens with one attached hydrogen (secondary N) is 1. The maximum atomic E-state index is 12.1. The smallest absolute Gasteiger partial charge is 0.322 e. The van der Waals surface area contributed by atoms with Crippen LogP contribution in [0.2, 0.25) is 10.0 Å². The van der Waals surface area contributed by atoms with Crippen LogP contribution < -0.4 is 5.32 Å². The van der Waals surface area contributed by atoms with Gasteiger partial charge in [-0.1, -0.05) is 34.4 Å². The van der Waals surface area contributed by atoms with Crippen molar-refractivity contribution >= 4 is 46.5 Å². The number of rotatable bonds is 4. The van der Waals surface area contributed by atoms with Crippen LogP contribution in [0, 0.1) is 0 Å². The van der Waals surface area contributed by atoms with Crippen molar-refractivity contribution in [3.05, 3.63) is 62.1 Å². The Morgan fingerprint density at radius 2 is 2.14 bits per heavy atom. The summed E-state index contributed by atoms with van der Waals surface area (Å²) >= 11 is 13.4. The number of nitrogens with zero attached hydrogens (tertiary/aromatic N) is 2. The third-order valence-corrected chi connectivity index (χ3v) is 4.21. The molecule has 8 heteroatoms. The summed E-state index contributed by atoms with van der Waals surface area (Å²) in [6, 6.07) is 8.57. The number of carbonyl (C=O) groups is 1. The monoisotopic (exact) mass is 353 g/mol. The van der Waals surface area contributed by atoms with Gasteiger partial charge >= 0.3 is 6.01 Å². The Bertz CT molecular complexity index is 802. The molecule has 0 saturated carbocycles. The van der Waals surface area contributed by atoms with Crippen molar-refractivity contribution in [3.63, 3.8) is 0 Å². The number of amides is 1. The van der Waals surface area contributed by atoms with Crippen LogP contribution in [0.15, 0.2) is 40.1 Å². The number of anilines is 1. The van der Waals surface area contributed by atoms with E-state index in [-0.39, 0.29) is 11.6 Å². The molecule has 0 radical (unpaired) electrons. The number of thiophene rings is 1. The molecule has 1 aromatic carbocycles. The average Bonchev–Trinajstić information content (AvgIpc) is 3.14. The second-order valence-electron chi connectivity index (χ2n) is 4.34. The fourth-order valence-corrected chi connectivity index (χ4v) is 2.85. The maximum absolute atomic E-state index is 12.1. The SMILES string of the molecule is O=C(Nc1nnc(Cc2cccs2)o1)c1cc(Cl)ccc1Cl. The molecule has 0 bridgehead atoms. The van der Waals surface area contributed by atoms with Gasteiger partial charge in [-0.25, -0.2) is 0 Å². The molecule has 1 N–H and O–H groups in total. The Morgan fingerprint density at radius 3 is 2.91 bits per heavy atom. The number of aromatic nitrogens is 2. The molecule has 0 atom stereocenters. The highest BCUT2D eigenvalue weighted by atomic mass is 35.5. The predicted molar refractivity (Wildman–Crippen MR) is 85.8 cm³/mol. The standard InChI is InChI=1S/C14H9Cl2N3O2S/c15-8-3-4-11(16)10(6-8)13(20)17-14-19-18-12(21-14)7-9-2-1-5-22-9/h1-6H,7H2,(H,17,19,20). The van der Waals surface area contributed by atoms with E-state index in [4.69, 9.17) is 27.6 Å². The number of carbonyl (C=O) groups excluding carboxylic acids is 1. The molecular formula is C14H9Cl2N3O2S. The minimum atomic E-state index is -0.459. The molecule has 1 amide bonds. The van der Waals surface area contributed by atoms with Crippen LogP contribution in [-0.2, 0) is 6.42 Å². The van der Waals surface area contributed by atoms with E-state index in [1.165, 1.54) is 6.07 Å². The average molecular weight is 354 g/mol. The molecule has 0 spiro atoms. The highest BCUT2D eigenvalue weighted by molar-refractivity contribution is 7.09. The van der Waals surface area contributed by atoms with Crippen LogP contribution >= 0.6 is 34.5 Å². The van der Waals surface area contributed by atoms with E-state index < -0.39 is 5.91 Å². The van der Waals surface area contributed by atoms with Crippen molar-refractivity contribution < 1.29 is 9.21 Å². The van der Waals surface area contributed by atoms with Crippen molar-refractivity contribution in [2.75, 3.05) is 5.32 Å². The molecule has 0 aliphatic carbocycles. The molecule has 3 rings (SSSR count). The van der Waals surface area contributed by atoms with Crippen LogP contribution in [0.1, 0.15) is 21.1 Å². The highest BCUT2D eigenvalue weighted by Gasteiger charge is 2.15. The van der Waals surface area contributed by atoms with E-state index in [0.29, 0.717) is 22.4 Å². The van der Waals surface area contributed by atoms with Crippen LogP contribution in [0.4, 0.5) is 6.01 Å². The summed E-state index contributed by atoms with van der Waals surface area (Å²) in [5.41, 5.74) is 0.243. The summed E-state index contributed by atoms with van der Waals surface area (Å²) in [5, 5.41) is 12.9. The van der Waals surface area contributed by atoms with E-state index in [1.807, 2.05) is 17.5 Å². The fraction of sp³-hybridized carbons (Fsp3) is 0.0714. The van der Waals surface area contributed by atoms with E-state index in [9.17, 15) is 4.79 Å². The second kappa shape index (κ2) is 6.48. The van der Waals surface area contributed by atoms with Gasteiger partial charge in [0.25, 0.3) is 5.91 Å². The predicted octanol–water partition coefficient (Wildman–Crippen LogP) is 4.28. The Hall–Kier alpha value is -1.89. The van der Waals surface area contributed by atoms with Crippen molar-refractivity contribution in [2.24, 2.45) is 0 Å². The first-order chi connectivity index (χ1) is 10.6. The quantitative estimate of drug-likeness (QED) is 0.759. The Morgan fingerprint density at radius 1 is 1.27 bits per heavy atom. The van der Waals surface area contributed by atoms with E-state index in [1.54, 1.807) is 23.5 Å². The summed E-state index contributed by atoms with van der Waals surface area (Å²) in [7, 11) is 0. The minimum absolute atomic E-state index is 0.0209. The minimum Gasteiger partial charge on any atom is -0.407 e. The molecule has 2 heterocycles. The molecule has 5 nitrogen and oxygen atoms in total. The largest absolute Gasteiger partial charge is 0.407 e. The van der Waals surface area contributed by atoms with Crippen LogP contribution in [0.25, 0.3) is 0 Å². The van der Waals surface area contributed by atoms with Gasteiger partial charge in [0, 0.05) is 9.90 Å².